The van der Waals surface area contributed by atoms with Gasteiger partial charge in [0, 0.05) is 12.2 Å². The summed E-state index contributed by atoms with van der Waals surface area (Å²) in [4.78, 5) is 38.7. The summed E-state index contributed by atoms with van der Waals surface area (Å²) in [6.07, 6.45) is 1.17. The predicted octanol–water partition coefficient (Wildman–Crippen LogP) is 1.46. The smallest absolute Gasteiger partial charge is 0.319 e. The number of nitrogens with zero attached hydrogens (tertiary/aromatic N) is 1. The summed E-state index contributed by atoms with van der Waals surface area (Å²) in [5, 5.41) is 8.21. The lowest BCUT2D eigenvalue weighted by Gasteiger charge is -2.36. The van der Waals surface area contributed by atoms with Crippen LogP contribution in [-0.4, -0.2) is 47.4 Å². The van der Waals surface area contributed by atoms with Crippen molar-refractivity contribution in [3.05, 3.63) is 30.1 Å². The van der Waals surface area contributed by atoms with Crippen LogP contribution < -0.4 is 16.0 Å². The van der Waals surface area contributed by atoms with Gasteiger partial charge in [0.2, 0.25) is 11.8 Å². The van der Waals surface area contributed by atoms with Gasteiger partial charge < -0.3 is 20.9 Å². The predicted molar refractivity (Wildman–Crippen MR) is 93.8 cm³/mol. The second kappa shape index (κ2) is 7.31. The third-order valence-electron chi connectivity index (χ3n) is 5.10. The molecule has 4 amide bonds. The van der Waals surface area contributed by atoms with Crippen LogP contribution in [0.5, 0.6) is 0 Å². The summed E-state index contributed by atoms with van der Waals surface area (Å²) in [6.45, 7) is 4.22. The molecule has 2 aliphatic rings. The Morgan fingerprint density at radius 3 is 2.69 bits per heavy atom. The van der Waals surface area contributed by atoms with Crippen LogP contribution in [0.3, 0.4) is 0 Å². The number of rotatable bonds is 4. The highest BCUT2D eigenvalue weighted by Crippen LogP contribution is 2.25. The van der Waals surface area contributed by atoms with Crippen molar-refractivity contribution in [1.29, 1.82) is 0 Å². The van der Waals surface area contributed by atoms with Gasteiger partial charge in [-0.1, -0.05) is 20.3 Å². The number of fused-ring (bicyclic) bond motifs is 1. The average Bonchev–Trinajstić information content (AvgIpc) is 3.04. The Balaban J connectivity index is 1.60. The first-order valence-corrected chi connectivity index (χ1v) is 8.83. The molecule has 2 aliphatic heterocycles. The molecule has 1 aromatic rings. The van der Waals surface area contributed by atoms with Crippen molar-refractivity contribution >= 4 is 23.5 Å². The van der Waals surface area contributed by atoms with Crippen molar-refractivity contribution in [3.63, 3.8) is 0 Å². The first-order chi connectivity index (χ1) is 12.4. The Hall–Kier alpha value is -2.64. The Morgan fingerprint density at radius 2 is 2.04 bits per heavy atom. The number of benzene rings is 1. The number of amides is 4. The standard InChI is InChI=1S/C18H23FN4O3/c1-3-10(2)15-17(25)23-9-13(8-14(23)16(24)22-15)21-18(26)20-12-6-4-11(19)5-7-12/h4-7,10,13-15H,3,8-9H2,1-2H3,(H,22,24)(H2,20,21,26)/t10-,13-,14-,15-/m0/s1. The van der Waals surface area contributed by atoms with Gasteiger partial charge in [-0.05, 0) is 36.6 Å². The fourth-order valence-corrected chi connectivity index (χ4v) is 3.43. The normalized spacial score (nSPS) is 26.1. The van der Waals surface area contributed by atoms with E-state index in [1.807, 2.05) is 13.8 Å². The number of hydrogen-bond donors (Lipinski definition) is 3. The van der Waals surface area contributed by atoms with E-state index in [1.165, 1.54) is 24.3 Å². The van der Waals surface area contributed by atoms with E-state index in [9.17, 15) is 18.8 Å². The van der Waals surface area contributed by atoms with Crippen molar-refractivity contribution in [1.82, 2.24) is 15.5 Å². The molecular formula is C18H23FN4O3. The molecular weight excluding hydrogens is 339 g/mol. The van der Waals surface area contributed by atoms with Crippen LogP contribution in [0, 0.1) is 11.7 Å². The Kier molecular flexibility index (Phi) is 5.11. The number of piperazine rings is 1. The lowest BCUT2D eigenvalue weighted by molar-refractivity contribution is -0.148. The molecule has 0 unspecified atom stereocenters. The van der Waals surface area contributed by atoms with Crippen LogP contribution in [0.25, 0.3) is 0 Å². The number of anilines is 1. The first-order valence-electron chi connectivity index (χ1n) is 8.83. The first kappa shape index (κ1) is 18.2. The monoisotopic (exact) mass is 362 g/mol. The van der Waals surface area contributed by atoms with Crippen LogP contribution >= 0.6 is 0 Å². The molecule has 26 heavy (non-hydrogen) atoms. The highest BCUT2D eigenvalue weighted by Gasteiger charge is 2.47. The van der Waals surface area contributed by atoms with E-state index in [4.69, 9.17) is 0 Å². The molecule has 2 fully saturated rings. The molecule has 140 valence electrons. The molecule has 3 N–H and O–H groups in total. The second-order valence-electron chi connectivity index (χ2n) is 6.92. The molecule has 0 aliphatic carbocycles. The zero-order chi connectivity index (χ0) is 18.8. The highest BCUT2D eigenvalue weighted by molar-refractivity contribution is 5.98. The number of urea groups is 1. The number of carbonyl (C=O) groups is 3. The molecule has 0 radical (unpaired) electrons. The summed E-state index contributed by atoms with van der Waals surface area (Å²) < 4.78 is 12.9. The van der Waals surface area contributed by atoms with Crippen LogP contribution in [0.2, 0.25) is 0 Å². The quantitative estimate of drug-likeness (QED) is 0.757. The molecule has 1 aromatic carbocycles. The summed E-state index contributed by atoms with van der Waals surface area (Å²) in [5.41, 5.74) is 0.463. The van der Waals surface area contributed by atoms with Crippen LogP contribution in [0.1, 0.15) is 26.7 Å². The second-order valence-corrected chi connectivity index (χ2v) is 6.92. The lowest BCUT2D eigenvalue weighted by atomic mass is 9.95. The third kappa shape index (κ3) is 3.63. The molecule has 0 spiro atoms. The maximum Gasteiger partial charge on any atom is 0.319 e. The summed E-state index contributed by atoms with van der Waals surface area (Å²) >= 11 is 0. The van der Waals surface area contributed by atoms with Gasteiger partial charge in [0.05, 0.1) is 6.04 Å². The average molecular weight is 362 g/mol. The van der Waals surface area contributed by atoms with Gasteiger partial charge in [-0.2, -0.15) is 0 Å². The van der Waals surface area contributed by atoms with Crippen LogP contribution in [-0.2, 0) is 9.59 Å². The fraction of sp³-hybridized carbons (Fsp3) is 0.500. The topological polar surface area (TPSA) is 90.5 Å². The molecule has 2 saturated heterocycles. The van der Waals surface area contributed by atoms with Gasteiger partial charge in [0.25, 0.3) is 0 Å². The summed E-state index contributed by atoms with van der Waals surface area (Å²) in [7, 11) is 0. The van der Waals surface area contributed by atoms with Crippen molar-refractivity contribution in [2.75, 3.05) is 11.9 Å². The molecule has 0 bridgehead atoms. The van der Waals surface area contributed by atoms with Gasteiger partial charge in [-0.15, -0.1) is 0 Å². The molecule has 0 saturated carbocycles. The Labute approximate surface area is 151 Å². The zero-order valence-electron chi connectivity index (χ0n) is 14.8. The molecule has 4 atom stereocenters. The lowest BCUT2D eigenvalue weighted by Crippen LogP contribution is -2.62. The largest absolute Gasteiger partial charge is 0.342 e. The van der Waals surface area contributed by atoms with E-state index >= 15 is 0 Å². The van der Waals surface area contributed by atoms with Gasteiger partial charge in [0.15, 0.2) is 0 Å². The Bertz CT molecular complexity index is 709. The molecule has 7 nitrogen and oxygen atoms in total. The van der Waals surface area contributed by atoms with E-state index in [1.54, 1.807) is 4.90 Å². The number of hydrogen-bond acceptors (Lipinski definition) is 3. The van der Waals surface area contributed by atoms with E-state index in [2.05, 4.69) is 16.0 Å². The molecule has 8 heteroatoms. The number of nitrogens with one attached hydrogen (secondary N) is 3. The Morgan fingerprint density at radius 1 is 1.35 bits per heavy atom. The van der Waals surface area contributed by atoms with Gasteiger partial charge in [0.1, 0.15) is 17.9 Å². The van der Waals surface area contributed by atoms with Crippen molar-refractivity contribution in [2.24, 2.45) is 5.92 Å². The van der Waals surface area contributed by atoms with E-state index < -0.39 is 18.1 Å². The fourth-order valence-electron chi connectivity index (χ4n) is 3.43. The van der Waals surface area contributed by atoms with Crippen LogP contribution in [0.4, 0.5) is 14.9 Å². The van der Waals surface area contributed by atoms with Crippen molar-refractivity contribution < 1.29 is 18.8 Å². The van der Waals surface area contributed by atoms with Crippen molar-refractivity contribution in [2.45, 2.75) is 44.8 Å². The van der Waals surface area contributed by atoms with Crippen molar-refractivity contribution in [3.8, 4) is 0 Å². The number of carbonyl (C=O) groups excluding carboxylic acids is 3. The molecule has 0 aromatic heterocycles. The zero-order valence-corrected chi connectivity index (χ0v) is 14.8. The number of halogens is 1. The van der Waals surface area contributed by atoms with E-state index in [0.29, 0.717) is 18.7 Å². The molecule has 2 heterocycles. The summed E-state index contributed by atoms with van der Waals surface area (Å²) in [6, 6.07) is 3.61. The SMILES string of the molecule is CC[C@H](C)[C@@H]1NC(=O)[C@@H]2C[C@H](NC(=O)Nc3ccc(F)cc3)CN2C1=O. The van der Waals surface area contributed by atoms with Gasteiger partial charge in [-0.25, -0.2) is 9.18 Å². The third-order valence-corrected chi connectivity index (χ3v) is 5.10. The van der Waals surface area contributed by atoms with Crippen LogP contribution in [0.15, 0.2) is 24.3 Å². The summed E-state index contributed by atoms with van der Waals surface area (Å²) in [5.74, 6) is -0.587. The van der Waals surface area contributed by atoms with Gasteiger partial charge >= 0.3 is 6.03 Å². The maximum absolute atomic E-state index is 12.9. The minimum atomic E-state index is -0.543. The van der Waals surface area contributed by atoms with E-state index in [-0.39, 0.29) is 29.6 Å². The maximum atomic E-state index is 12.9. The molecule has 3 rings (SSSR count). The van der Waals surface area contributed by atoms with E-state index in [0.717, 1.165) is 6.42 Å². The minimum absolute atomic E-state index is 0.0567. The highest BCUT2D eigenvalue weighted by atomic mass is 19.1. The van der Waals surface area contributed by atoms with Gasteiger partial charge in [-0.3, -0.25) is 9.59 Å². The minimum Gasteiger partial charge on any atom is -0.342 e.